The molecule has 0 aliphatic carbocycles. The van der Waals surface area contributed by atoms with Crippen molar-refractivity contribution in [3.63, 3.8) is 0 Å². The predicted octanol–water partition coefficient (Wildman–Crippen LogP) is 4.73. The number of carbonyl (C=O) groups excluding carboxylic acids is 1. The van der Waals surface area contributed by atoms with Crippen LogP contribution in [0.4, 0.5) is 0 Å². The van der Waals surface area contributed by atoms with E-state index in [2.05, 4.69) is 5.32 Å². The largest absolute Gasteiger partial charge is 0.494 e. The van der Waals surface area contributed by atoms with Crippen LogP contribution in [0.15, 0.2) is 59.0 Å². The Morgan fingerprint density at radius 2 is 2.00 bits per heavy atom. The molecule has 140 valence electrons. The summed E-state index contributed by atoms with van der Waals surface area (Å²) in [7, 11) is 1.60. The molecule has 5 nitrogen and oxygen atoms in total. The van der Waals surface area contributed by atoms with Crippen molar-refractivity contribution in [1.82, 2.24) is 5.32 Å². The fourth-order valence-electron chi connectivity index (χ4n) is 2.82. The van der Waals surface area contributed by atoms with Crippen molar-refractivity contribution >= 4 is 23.0 Å². The first-order valence-electron chi connectivity index (χ1n) is 8.88. The summed E-state index contributed by atoms with van der Waals surface area (Å²) in [6.45, 7) is 4.51. The van der Waals surface area contributed by atoms with Crippen LogP contribution in [-0.4, -0.2) is 19.6 Å². The van der Waals surface area contributed by atoms with Crippen molar-refractivity contribution in [3.8, 4) is 11.5 Å². The summed E-state index contributed by atoms with van der Waals surface area (Å²) in [5.74, 6) is 1.89. The van der Waals surface area contributed by atoms with Crippen LogP contribution >= 0.6 is 0 Å². The summed E-state index contributed by atoms with van der Waals surface area (Å²) in [4.78, 5) is 12.2. The van der Waals surface area contributed by atoms with Gasteiger partial charge in [-0.05, 0) is 49.8 Å². The minimum Gasteiger partial charge on any atom is -0.494 e. The quantitative estimate of drug-likeness (QED) is 0.615. The topological polar surface area (TPSA) is 60.7 Å². The van der Waals surface area contributed by atoms with Gasteiger partial charge in [0.05, 0.1) is 19.8 Å². The maximum atomic E-state index is 12.2. The lowest BCUT2D eigenvalue weighted by Crippen LogP contribution is -2.24. The molecule has 3 rings (SSSR count). The zero-order valence-electron chi connectivity index (χ0n) is 15.7. The van der Waals surface area contributed by atoms with Crippen molar-refractivity contribution in [1.29, 1.82) is 0 Å². The third-order valence-corrected chi connectivity index (χ3v) is 4.20. The van der Waals surface area contributed by atoms with E-state index < -0.39 is 0 Å². The van der Waals surface area contributed by atoms with Gasteiger partial charge in [-0.3, -0.25) is 4.79 Å². The number of hydrogen-bond acceptors (Lipinski definition) is 4. The summed E-state index contributed by atoms with van der Waals surface area (Å²) in [5.41, 5.74) is 1.68. The molecule has 0 saturated heterocycles. The molecule has 0 saturated carbocycles. The Morgan fingerprint density at radius 1 is 1.22 bits per heavy atom. The number of amides is 1. The van der Waals surface area contributed by atoms with E-state index in [0.717, 1.165) is 16.7 Å². The second-order valence-electron chi connectivity index (χ2n) is 6.09. The van der Waals surface area contributed by atoms with Crippen LogP contribution in [-0.2, 0) is 4.79 Å². The molecule has 5 heteroatoms. The summed E-state index contributed by atoms with van der Waals surface area (Å²) >= 11 is 0. The van der Waals surface area contributed by atoms with Gasteiger partial charge in [0.2, 0.25) is 5.91 Å². The van der Waals surface area contributed by atoms with Crippen LogP contribution < -0.4 is 14.8 Å². The zero-order chi connectivity index (χ0) is 19.2. The number of ether oxygens (including phenoxy) is 2. The summed E-state index contributed by atoms with van der Waals surface area (Å²) < 4.78 is 16.5. The zero-order valence-corrected chi connectivity index (χ0v) is 15.7. The number of hydrogen-bond donors (Lipinski definition) is 1. The predicted molar refractivity (Wildman–Crippen MR) is 106 cm³/mol. The Balaban J connectivity index is 1.64. The van der Waals surface area contributed by atoms with Gasteiger partial charge in [-0.2, -0.15) is 0 Å². The number of methoxy groups -OCH3 is 1. The summed E-state index contributed by atoms with van der Waals surface area (Å²) in [6.07, 6.45) is 3.12. The highest BCUT2D eigenvalue weighted by atomic mass is 16.5. The van der Waals surface area contributed by atoms with Gasteiger partial charge in [-0.1, -0.05) is 24.3 Å². The standard InChI is InChI=1S/C22H23NO4/c1-4-26-18-10-8-16(9-11-18)15(2)23-21(24)13-12-19-14-17-6-5-7-20(25-3)22(17)27-19/h5-15H,4H2,1-3H3,(H,23,24)/b13-12+. The first-order valence-corrected chi connectivity index (χ1v) is 8.88. The second kappa shape index (κ2) is 8.45. The molecule has 1 amide bonds. The van der Waals surface area contributed by atoms with Crippen LogP contribution in [0.25, 0.3) is 17.0 Å². The average Bonchev–Trinajstić information content (AvgIpc) is 3.10. The van der Waals surface area contributed by atoms with Crippen molar-refractivity contribution < 1.29 is 18.7 Å². The van der Waals surface area contributed by atoms with E-state index in [-0.39, 0.29) is 11.9 Å². The maximum absolute atomic E-state index is 12.2. The Bertz CT molecular complexity index is 941. The van der Waals surface area contributed by atoms with E-state index in [1.54, 1.807) is 13.2 Å². The van der Waals surface area contributed by atoms with E-state index in [4.69, 9.17) is 13.9 Å². The number of nitrogens with one attached hydrogen (secondary N) is 1. The average molecular weight is 365 g/mol. The van der Waals surface area contributed by atoms with Gasteiger partial charge in [0.1, 0.15) is 11.5 Å². The van der Waals surface area contributed by atoms with Crippen molar-refractivity contribution in [2.75, 3.05) is 13.7 Å². The molecule has 1 unspecified atom stereocenters. The number of para-hydroxylation sites is 1. The van der Waals surface area contributed by atoms with Crippen molar-refractivity contribution in [2.45, 2.75) is 19.9 Å². The van der Waals surface area contributed by atoms with E-state index >= 15 is 0 Å². The van der Waals surface area contributed by atoms with E-state index in [9.17, 15) is 4.79 Å². The number of rotatable bonds is 7. The molecule has 1 N–H and O–H groups in total. The molecular formula is C22H23NO4. The van der Waals surface area contributed by atoms with E-state index in [0.29, 0.717) is 23.7 Å². The Hall–Kier alpha value is -3.21. The van der Waals surface area contributed by atoms with Crippen LogP contribution in [0.5, 0.6) is 11.5 Å². The SMILES string of the molecule is CCOc1ccc(C(C)NC(=O)/C=C/c2cc3cccc(OC)c3o2)cc1. The van der Waals surface area contributed by atoms with Crippen LogP contribution in [0, 0.1) is 0 Å². The molecule has 1 heterocycles. The van der Waals surface area contributed by atoms with Crippen molar-refractivity contribution in [3.05, 3.63) is 65.9 Å². The number of carbonyl (C=O) groups is 1. The molecule has 0 radical (unpaired) electrons. The molecule has 1 aromatic heterocycles. The Labute approximate surface area is 158 Å². The van der Waals surface area contributed by atoms with Gasteiger partial charge in [0, 0.05) is 11.5 Å². The number of benzene rings is 2. The molecule has 0 fully saturated rings. The lowest BCUT2D eigenvalue weighted by atomic mass is 10.1. The molecule has 2 aromatic carbocycles. The minimum atomic E-state index is -0.191. The normalized spacial score (nSPS) is 12.3. The number of furan rings is 1. The van der Waals surface area contributed by atoms with Gasteiger partial charge in [0.15, 0.2) is 11.3 Å². The van der Waals surface area contributed by atoms with Crippen LogP contribution in [0.2, 0.25) is 0 Å². The monoisotopic (exact) mass is 365 g/mol. The second-order valence-corrected chi connectivity index (χ2v) is 6.09. The molecule has 0 aliphatic heterocycles. The summed E-state index contributed by atoms with van der Waals surface area (Å²) in [6, 6.07) is 15.1. The van der Waals surface area contributed by atoms with E-state index in [1.807, 2.05) is 62.4 Å². The lowest BCUT2D eigenvalue weighted by Gasteiger charge is -2.13. The lowest BCUT2D eigenvalue weighted by molar-refractivity contribution is -0.117. The molecule has 0 spiro atoms. The molecule has 3 aromatic rings. The summed E-state index contributed by atoms with van der Waals surface area (Å²) in [5, 5.41) is 3.87. The molecule has 27 heavy (non-hydrogen) atoms. The minimum absolute atomic E-state index is 0.117. The van der Waals surface area contributed by atoms with Gasteiger partial charge in [-0.15, -0.1) is 0 Å². The highest BCUT2D eigenvalue weighted by molar-refractivity contribution is 5.93. The van der Waals surface area contributed by atoms with Crippen molar-refractivity contribution in [2.24, 2.45) is 0 Å². The Kier molecular flexibility index (Phi) is 5.81. The van der Waals surface area contributed by atoms with Crippen LogP contribution in [0.3, 0.4) is 0 Å². The van der Waals surface area contributed by atoms with Gasteiger partial charge in [-0.25, -0.2) is 0 Å². The highest BCUT2D eigenvalue weighted by Gasteiger charge is 2.09. The van der Waals surface area contributed by atoms with E-state index in [1.165, 1.54) is 6.08 Å². The maximum Gasteiger partial charge on any atom is 0.244 e. The molecule has 0 aliphatic rings. The highest BCUT2D eigenvalue weighted by Crippen LogP contribution is 2.28. The third kappa shape index (κ3) is 4.50. The fraction of sp³-hybridized carbons (Fsp3) is 0.227. The molecular weight excluding hydrogens is 342 g/mol. The first kappa shape index (κ1) is 18.6. The number of fused-ring (bicyclic) bond motifs is 1. The molecule has 1 atom stereocenters. The Morgan fingerprint density at radius 3 is 2.70 bits per heavy atom. The van der Waals surface area contributed by atoms with Gasteiger partial charge in [0.25, 0.3) is 0 Å². The smallest absolute Gasteiger partial charge is 0.244 e. The first-order chi connectivity index (χ1) is 13.1. The molecule has 0 bridgehead atoms. The van der Waals surface area contributed by atoms with Gasteiger partial charge < -0.3 is 19.2 Å². The van der Waals surface area contributed by atoms with Crippen LogP contribution in [0.1, 0.15) is 31.2 Å². The third-order valence-electron chi connectivity index (χ3n) is 4.20. The van der Waals surface area contributed by atoms with Gasteiger partial charge >= 0.3 is 0 Å². The fourth-order valence-corrected chi connectivity index (χ4v) is 2.82.